The van der Waals surface area contributed by atoms with Crippen molar-refractivity contribution in [3.63, 3.8) is 0 Å². The molecule has 1 N–H and O–H groups in total. The highest BCUT2D eigenvalue weighted by molar-refractivity contribution is 5.76. The molecule has 1 unspecified atom stereocenters. The van der Waals surface area contributed by atoms with Gasteiger partial charge in [0.25, 0.3) is 0 Å². The largest absolute Gasteiger partial charge is 0.352 e. The molecule has 0 spiro atoms. The molecule has 0 radical (unpaired) electrons. The number of rotatable bonds is 5. The summed E-state index contributed by atoms with van der Waals surface area (Å²) in [6.45, 7) is 8.63. The van der Waals surface area contributed by atoms with Gasteiger partial charge in [-0.25, -0.2) is 0 Å². The van der Waals surface area contributed by atoms with Gasteiger partial charge in [-0.05, 0) is 39.3 Å². The van der Waals surface area contributed by atoms with E-state index in [9.17, 15) is 4.79 Å². The van der Waals surface area contributed by atoms with Crippen LogP contribution < -0.4 is 5.32 Å². The molecule has 0 aliphatic heterocycles. The van der Waals surface area contributed by atoms with E-state index in [0.29, 0.717) is 13.0 Å². The van der Waals surface area contributed by atoms with Crippen LogP contribution in [0.4, 0.5) is 0 Å². The maximum absolute atomic E-state index is 12.0. The molecule has 1 heterocycles. The second-order valence-corrected chi connectivity index (χ2v) is 5.69. The van der Waals surface area contributed by atoms with Gasteiger partial charge in [0.1, 0.15) is 0 Å². The van der Waals surface area contributed by atoms with Gasteiger partial charge in [-0.15, -0.1) is 0 Å². The van der Waals surface area contributed by atoms with Gasteiger partial charge in [0.15, 0.2) is 0 Å². The molecular weight excluding hydrogens is 262 g/mol. The van der Waals surface area contributed by atoms with Crippen molar-refractivity contribution in [1.82, 2.24) is 15.1 Å². The Labute approximate surface area is 126 Å². The van der Waals surface area contributed by atoms with Crippen LogP contribution in [0, 0.1) is 20.8 Å². The van der Waals surface area contributed by atoms with Crippen molar-refractivity contribution in [3.8, 4) is 0 Å². The van der Waals surface area contributed by atoms with Gasteiger partial charge in [-0.1, -0.05) is 29.8 Å². The lowest BCUT2D eigenvalue weighted by molar-refractivity contribution is -0.122. The Kier molecular flexibility index (Phi) is 4.78. The van der Waals surface area contributed by atoms with Crippen LogP contribution >= 0.6 is 0 Å². The van der Waals surface area contributed by atoms with Gasteiger partial charge in [-0.2, -0.15) is 5.10 Å². The third-order valence-electron chi connectivity index (χ3n) is 3.55. The van der Waals surface area contributed by atoms with E-state index in [0.717, 1.165) is 17.0 Å². The molecule has 0 saturated carbocycles. The number of carbonyl (C=O) groups excluding carboxylic acids is 1. The molecule has 112 valence electrons. The van der Waals surface area contributed by atoms with Gasteiger partial charge >= 0.3 is 0 Å². The van der Waals surface area contributed by atoms with E-state index in [1.54, 1.807) is 0 Å². The molecule has 0 fully saturated rings. The minimum absolute atomic E-state index is 0.0515. The van der Waals surface area contributed by atoms with E-state index in [2.05, 4.69) is 29.5 Å². The molecule has 1 aromatic heterocycles. The molecule has 2 aromatic rings. The molecule has 1 amide bonds. The van der Waals surface area contributed by atoms with E-state index >= 15 is 0 Å². The van der Waals surface area contributed by atoms with E-state index in [1.165, 1.54) is 5.56 Å². The highest BCUT2D eigenvalue weighted by Crippen LogP contribution is 2.14. The number of aryl methyl sites for hydroxylation is 3. The number of amides is 1. The number of aromatic nitrogens is 2. The molecule has 0 bridgehead atoms. The zero-order valence-electron chi connectivity index (χ0n) is 13.2. The van der Waals surface area contributed by atoms with Gasteiger partial charge < -0.3 is 5.32 Å². The van der Waals surface area contributed by atoms with E-state index in [1.807, 2.05) is 43.7 Å². The number of nitrogens with one attached hydrogen (secondary N) is 1. The summed E-state index contributed by atoms with van der Waals surface area (Å²) in [6, 6.07) is 10.3. The fourth-order valence-corrected chi connectivity index (χ4v) is 2.43. The maximum atomic E-state index is 12.0. The van der Waals surface area contributed by atoms with Gasteiger partial charge in [0.2, 0.25) is 5.91 Å². The quantitative estimate of drug-likeness (QED) is 0.917. The maximum Gasteiger partial charge on any atom is 0.222 e. The molecule has 0 aliphatic rings. The van der Waals surface area contributed by atoms with Crippen molar-refractivity contribution in [2.75, 3.05) is 0 Å². The molecule has 0 saturated heterocycles. The minimum Gasteiger partial charge on any atom is -0.352 e. The molecule has 4 nitrogen and oxygen atoms in total. The molecule has 1 atom stereocenters. The molecule has 0 aliphatic carbocycles. The predicted octanol–water partition coefficient (Wildman–Crippen LogP) is 3.08. The van der Waals surface area contributed by atoms with Crippen LogP contribution in [0.3, 0.4) is 0 Å². The Balaban J connectivity index is 1.87. The number of carbonyl (C=O) groups is 1. The van der Waals surface area contributed by atoms with Gasteiger partial charge in [-0.3, -0.25) is 9.48 Å². The zero-order chi connectivity index (χ0) is 15.4. The lowest BCUT2D eigenvalue weighted by Crippen LogP contribution is -2.26. The van der Waals surface area contributed by atoms with Crippen molar-refractivity contribution in [2.24, 2.45) is 0 Å². The van der Waals surface area contributed by atoms with E-state index < -0.39 is 0 Å². The van der Waals surface area contributed by atoms with E-state index in [4.69, 9.17) is 0 Å². The average Bonchev–Trinajstić information content (AvgIpc) is 2.77. The Morgan fingerprint density at radius 1 is 1.24 bits per heavy atom. The first kappa shape index (κ1) is 15.3. The summed E-state index contributed by atoms with van der Waals surface area (Å²) in [4.78, 5) is 12.0. The Hall–Kier alpha value is -2.10. The minimum atomic E-state index is 0.0515. The SMILES string of the molecule is Cc1ccc(CNC(=O)CC(C)n2nc(C)cc2C)cc1. The first-order valence-electron chi connectivity index (χ1n) is 7.30. The Morgan fingerprint density at radius 3 is 2.48 bits per heavy atom. The van der Waals surface area contributed by atoms with Crippen molar-refractivity contribution in [3.05, 3.63) is 52.8 Å². The fraction of sp³-hybridized carbons (Fsp3) is 0.412. The molecule has 1 aromatic carbocycles. The number of hydrogen-bond acceptors (Lipinski definition) is 2. The summed E-state index contributed by atoms with van der Waals surface area (Å²) >= 11 is 0. The second-order valence-electron chi connectivity index (χ2n) is 5.69. The lowest BCUT2D eigenvalue weighted by atomic mass is 10.1. The lowest BCUT2D eigenvalue weighted by Gasteiger charge is -2.14. The summed E-state index contributed by atoms with van der Waals surface area (Å²) in [5, 5.41) is 7.39. The number of nitrogens with zero attached hydrogens (tertiary/aromatic N) is 2. The van der Waals surface area contributed by atoms with Crippen LogP contribution in [0.1, 0.15) is 41.9 Å². The summed E-state index contributed by atoms with van der Waals surface area (Å²) in [6.07, 6.45) is 0.438. The monoisotopic (exact) mass is 285 g/mol. The third kappa shape index (κ3) is 4.18. The molecular formula is C17H23N3O. The topological polar surface area (TPSA) is 46.9 Å². The van der Waals surface area contributed by atoms with Crippen LogP contribution in [0.25, 0.3) is 0 Å². The van der Waals surface area contributed by atoms with Gasteiger partial charge in [0, 0.05) is 18.7 Å². The van der Waals surface area contributed by atoms with Crippen LogP contribution in [-0.2, 0) is 11.3 Å². The highest BCUT2D eigenvalue weighted by Gasteiger charge is 2.13. The number of benzene rings is 1. The summed E-state index contributed by atoms with van der Waals surface area (Å²) < 4.78 is 1.92. The predicted molar refractivity (Wildman–Crippen MR) is 84.1 cm³/mol. The standard InChI is InChI=1S/C17H23N3O/c1-12-5-7-16(8-6-12)11-18-17(21)10-15(4)20-14(3)9-13(2)19-20/h5-9,15H,10-11H2,1-4H3,(H,18,21). The van der Waals surface area contributed by atoms with Crippen molar-refractivity contribution < 1.29 is 4.79 Å². The zero-order valence-corrected chi connectivity index (χ0v) is 13.2. The highest BCUT2D eigenvalue weighted by atomic mass is 16.1. The number of hydrogen-bond donors (Lipinski definition) is 1. The van der Waals surface area contributed by atoms with Crippen LogP contribution in [-0.4, -0.2) is 15.7 Å². The van der Waals surface area contributed by atoms with Crippen molar-refractivity contribution in [1.29, 1.82) is 0 Å². The second kappa shape index (κ2) is 6.57. The molecule has 21 heavy (non-hydrogen) atoms. The summed E-state index contributed by atoms with van der Waals surface area (Å²) in [5.41, 5.74) is 4.42. The Morgan fingerprint density at radius 2 is 1.90 bits per heavy atom. The smallest absolute Gasteiger partial charge is 0.222 e. The Bertz CT molecular complexity index is 613. The van der Waals surface area contributed by atoms with Crippen LogP contribution in [0.2, 0.25) is 0 Å². The fourth-order valence-electron chi connectivity index (χ4n) is 2.43. The third-order valence-corrected chi connectivity index (χ3v) is 3.55. The van der Waals surface area contributed by atoms with Crippen LogP contribution in [0.15, 0.2) is 30.3 Å². The summed E-state index contributed by atoms with van der Waals surface area (Å²) in [5.74, 6) is 0.0515. The molecule has 4 heteroatoms. The van der Waals surface area contributed by atoms with Crippen LogP contribution in [0.5, 0.6) is 0 Å². The molecule has 2 rings (SSSR count). The van der Waals surface area contributed by atoms with Crippen molar-refractivity contribution >= 4 is 5.91 Å². The van der Waals surface area contributed by atoms with E-state index in [-0.39, 0.29) is 11.9 Å². The summed E-state index contributed by atoms with van der Waals surface area (Å²) in [7, 11) is 0. The first-order chi connectivity index (χ1) is 9.95. The normalized spacial score (nSPS) is 12.2. The first-order valence-corrected chi connectivity index (χ1v) is 7.30. The average molecular weight is 285 g/mol. The van der Waals surface area contributed by atoms with Gasteiger partial charge in [0.05, 0.1) is 11.7 Å². The van der Waals surface area contributed by atoms with Crippen molar-refractivity contribution in [2.45, 2.75) is 46.7 Å².